The molecule has 1 aromatic heterocycles. The smallest absolute Gasteiger partial charge is 0.318 e. The molecule has 0 saturated heterocycles. The molecule has 114 valence electrons. The topological polar surface area (TPSA) is 63.4 Å². The Bertz CT molecular complexity index is 392. The van der Waals surface area contributed by atoms with Crippen LogP contribution in [0.5, 0.6) is 0 Å². The van der Waals surface area contributed by atoms with Crippen LogP contribution in [0.1, 0.15) is 39.0 Å². The van der Waals surface area contributed by atoms with E-state index < -0.39 is 0 Å². The van der Waals surface area contributed by atoms with E-state index in [4.69, 9.17) is 9.15 Å². The number of nitrogens with zero attached hydrogens (tertiary/aromatic N) is 3. The van der Waals surface area contributed by atoms with E-state index in [-0.39, 0.29) is 0 Å². The van der Waals surface area contributed by atoms with Gasteiger partial charge in [0.15, 0.2) is 0 Å². The van der Waals surface area contributed by atoms with Crippen molar-refractivity contribution in [1.29, 1.82) is 0 Å². The molecule has 1 N–H and O–H groups in total. The summed E-state index contributed by atoms with van der Waals surface area (Å²) in [5.41, 5.74) is 0. The Kier molecular flexibility index (Phi) is 5.79. The number of hydrogen-bond donors (Lipinski definition) is 1. The normalized spacial score (nSPS) is 16.4. The van der Waals surface area contributed by atoms with Crippen molar-refractivity contribution in [2.24, 2.45) is 5.92 Å². The van der Waals surface area contributed by atoms with Gasteiger partial charge in [-0.2, -0.15) is 0 Å². The minimum atomic E-state index is 0.432. The number of rotatable bonds is 10. The van der Waals surface area contributed by atoms with Crippen LogP contribution in [0.2, 0.25) is 0 Å². The summed E-state index contributed by atoms with van der Waals surface area (Å²) in [6, 6.07) is 1.05. The molecule has 1 saturated carbocycles. The molecule has 1 aliphatic carbocycles. The molecule has 1 fully saturated rings. The molecular weight excluding hydrogens is 256 g/mol. The summed E-state index contributed by atoms with van der Waals surface area (Å²) in [6.45, 7) is 7.42. The van der Waals surface area contributed by atoms with Gasteiger partial charge in [0.25, 0.3) is 0 Å². The lowest BCUT2D eigenvalue weighted by atomic mass is 10.2. The Balaban J connectivity index is 1.96. The SMILES string of the molecule is CCCNCc1nnc(N(CCOC)C(C)C2CC2)o1. The van der Waals surface area contributed by atoms with Crippen molar-refractivity contribution < 1.29 is 9.15 Å². The minimum absolute atomic E-state index is 0.432. The van der Waals surface area contributed by atoms with E-state index in [9.17, 15) is 0 Å². The molecule has 1 aromatic rings. The van der Waals surface area contributed by atoms with Gasteiger partial charge in [-0.05, 0) is 38.6 Å². The summed E-state index contributed by atoms with van der Waals surface area (Å²) in [4.78, 5) is 2.18. The lowest BCUT2D eigenvalue weighted by molar-refractivity contribution is 0.201. The fourth-order valence-electron chi connectivity index (χ4n) is 2.30. The van der Waals surface area contributed by atoms with Crippen molar-refractivity contribution in [3.05, 3.63) is 5.89 Å². The van der Waals surface area contributed by atoms with Crippen LogP contribution >= 0.6 is 0 Å². The Labute approximate surface area is 120 Å². The van der Waals surface area contributed by atoms with E-state index in [0.29, 0.717) is 31.1 Å². The maximum absolute atomic E-state index is 5.77. The molecular formula is C14H26N4O2. The van der Waals surface area contributed by atoms with Crippen LogP contribution in [0, 0.1) is 5.92 Å². The summed E-state index contributed by atoms with van der Waals surface area (Å²) < 4.78 is 11.0. The summed E-state index contributed by atoms with van der Waals surface area (Å²) in [5.74, 6) is 1.40. The standard InChI is InChI=1S/C14H26N4O2/c1-4-7-15-10-13-16-17-14(20-13)18(8-9-19-3)11(2)12-5-6-12/h11-12,15H,4-10H2,1-3H3. The molecule has 0 spiro atoms. The van der Waals surface area contributed by atoms with Gasteiger partial charge >= 0.3 is 6.01 Å². The highest BCUT2D eigenvalue weighted by molar-refractivity contribution is 5.27. The fraction of sp³-hybridized carbons (Fsp3) is 0.857. The first-order valence-corrected chi connectivity index (χ1v) is 7.55. The molecule has 0 aliphatic heterocycles. The van der Waals surface area contributed by atoms with Gasteiger partial charge in [0.1, 0.15) is 0 Å². The third-order valence-corrected chi connectivity index (χ3v) is 3.74. The van der Waals surface area contributed by atoms with Gasteiger partial charge < -0.3 is 19.4 Å². The lowest BCUT2D eigenvalue weighted by Crippen LogP contribution is -2.37. The molecule has 1 unspecified atom stereocenters. The summed E-state index contributed by atoms with van der Waals surface area (Å²) in [7, 11) is 1.72. The molecule has 20 heavy (non-hydrogen) atoms. The van der Waals surface area contributed by atoms with Crippen molar-refractivity contribution in [3.8, 4) is 0 Å². The molecule has 1 aliphatic rings. The predicted molar refractivity (Wildman–Crippen MR) is 77.7 cm³/mol. The largest absolute Gasteiger partial charge is 0.407 e. The van der Waals surface area contributed by atoms with E-state index in [2.05, 4.69) is 34.3 Å². The highest BCUT2D eigenvalue weighted by Crippen LogP contribution is 2.36. The zero-order valence-corrected chi connectivity index (χ0v) is 12.8. The van der Waals surface area contributed by atoms with Crippen LogP contribution in [-0.2, 0) is 11.3 Å². The highest BCUT2D eigenvalue weighted by atomic mass is 16.5. The first-order chi connectivity index (χ1) is 9.76. The van der Waals surface area contributed by atoms with Crippen molar-refractivity contribution in [2.45, 2.75) is 45.7 Å². The molecule has 6 heteroatoms. The summed E-state index contributed by atoms with van der Waals surface area (Å²) in [6.07, 6.45) is 3.69. The quantitative estimate of drug-likeness (QED) is 0.660. The van der Waals surface area contributed by atoms with E-state index in [0.717, 1.165) is 25.4 Å². The lowest BCUT2D eigenvalue weighted by Gasteiger charge is -2.26. The Morgan fingerprint density at radius 1 is 1.45 bits per heavy atom. The third-order valence-electron chi connectivity index (χ3n) is 3.74. The average Bonchev–Trinajstić information content (AvgIpc) is 3.20. The Hall–Kier alpha value is -1.14. The van der Waals surface area contributed by atoms with Gasteiger partial charge in [0.2, 0.25) is 5.89 Å². The predicted octanol–water partition coefficient (Wildman–Crippen LogP) is 1.82. The maximum Gasteiger partial charge on any atom is 0.318 e. The van der Waals surface area contributed by atoms with Crippen LogP contribution < -0.4 is 10.2 Å². The van der Waals surface area contributed by atoms with Gasteiger partial charge in [-0.3, -0.25) is 0 Å². The number of hydrogen-bond acceptors (Lipinski definition) is 6. The van der Waals surface area contributed by atoms with E-state index >= 15 is 0 Å². The van der Waals surface area contributed by atoms with E-state index in [1.807, 2.05) is 0 Å². The Morgan fingerprint density at radius 3 is 2.90 bits per heavy atom. The Morgan fingerprint density at radius 2 is 2.25 bits per heavy atom. The molecule has 0 amide bonds. The summed E-state index contributed by atoms with van der Waals surface area (Å²) in [5, 5.41) is 11.6. The third kappa shape index (κ3) is 4.18. The minimum Gasteiger partial charge on any atom is -0.407 e. The zero-order valence-electron chi connectivity index (χ0n) is 12.8. The van der Waals surface area contributed by atoms with Crippen LogP contribution in [-0.4, -0.2) is 43.0 Å². The number of nitrogens with one attached hydrogen (secondary N) is 1. The van der Waals surface area contributed by atoms with Gasteiger partial charge in [0.05, 0.1) is 13.2 Å². The molecule has 1 heterocycles. The first kappa shape index (κ1) is 15.3. The average molecular weight is 282 g/mol. The van der Waals surface area contributed by atoms with Gasteiger partial charge in [-0.15, -0.1) is 5.10 Å². The maximum atomic E-state index is 5.77. The highest BCUT2D eigenvalue weighted by Gasteiger charge is 2.34. The van der Waals surface area contributed by atoms with Crippen LogP contribution in [0.15, 0.2) is 4.42 Å². The second kappa shape index (κ2) is 7.59. The zero-order chi connectivity index (χ0) is 14.4. The van der Waals surface area contributed by atoms with Gasteiger partial charge in [-0.25, -0.2) is 0 Å². The number of aromatic nitrogens is 2. The first-order valence-electron chi connectivity index (χ1n) is 7.55. The van der Waals surface area contributed by atoms with Crippen molar-refractivity contribution >= 4 is 6.01 Å². The monoisotopic (exact) mass is 282 g/mol. The van der Waals surface area contributed by atoms with Crippen LogP contribution in [0.4, 0.5) is 6.01 Å². The fourth-order valence-corrected chi connectivity index (χ4v) is 2.30. The molecule has 1 atom stereocenters. The number of methoxy groups -OCH3 is 1. The van der Waals surface area contributed by atoms with E-state index in [1.165, 1.54) is 12.8 Å². The second-order valence-corrected chi connectivity index (χ2v) is 5.42. The van der Waals surface area contributed by atoms with Crippen LogP contribution in [0.3, 0.4) is 0 Å². The van der Waals surface area contributed by atoms with Crippen molar-refractivity contribution in [2.75, 3.05) is 31.7 Å². The molecule has 2 rings (SSSR count). The number of ether oxygens (including phenoxy) is 1. The van der Waals surface area contributed by atoms with Gasteiger partial charge in [0, 0.05) is 19.7 Å². The van der Waals surface area contributed by atoms with Crippen molar-refractivity contribution in [3.63, 3.8) is 0 Å². The molecule has 0 radical (unpaired) electrons. The molecule has 0 aromatic carbocycles. The molecule has 0 bridgehead atoms. The van der Waals surface area contributed by atoms with Crippen molar-refractivity contribution in [1.82, 2.24) is 15.5 Å². The number of anilines is 1. The summed E-state index contributed by atoms with van der Waals surface area (Å²) >= 11 is 0. The van der Waals surface area contributed by atoms with Gasteiger partial charge in [-0.1, -0.05) is 12.0 Å². The second-order valence-electron chi connectivity index (χ2n) is 5.42. The van der Waals surface area contributed by atoms with Crippen LogP contribution in [0.25, 0.3) is 0 Å². The van der Waals surface area contributed by atoms with E-state index in [1.54, 1.807) is 7.11 Å². The molecule has 6 nitrogen and oxygen atoms in total.